The van der Waals surface area contributed by atoms with Crippen molar-refractivity contribution in [2.24, 2.45) is 0 Å². The Balaban J connectivity index is 1.67. The summed E-state index contributed by atoms with van der Waals surface area (Å²) in [5, 5.41) is 0. The fourth-order valence-corrected chi connectivity index (χ4v) is 3.41. The van der Waals surface area contributed by atoms with Gasteiger partial charge in [0.25, 0.3) is 5.91 Å². The van der Waals surface area contributed by atoms with E-state index in [0.29, 0.717) is 12.1 Å². The minimum atomic E-state index is -0.399. The van der Waals surface area contributed by atoms with E-state index in [9.17, 15) is 14.0 Å². The van der Waals surface area contributed by atoms with Gasteiger partial charge in [-0.15, -0.1) is 0 Å². The SMILES string of the molecule is C[C@H]1CC(=O)c2c(OCC(=O)N(C)Cc3ccc(Br)cc3)ccc(F)c21. The minimum absolute atomic E-state index is 0.141. The lowest BCUT2D eigenvalue weighted by atomic mass is 10.0. The first-order chi connectivity index (χ1) is 12.4. The first kappa shape index (κ1) is 18.6. The molecule has 0 radical (unpaired) electrons. The maximum atomic E-state index is 14.0. The summed E-state index contributed by atoms with van der Waals surface area (Å²) in [5.41, 5.74) is 1.67. The molecule has 0 fully saturated rings. The monoisotopic (exact) mass is 419 g/mol. The number of benzene rings is 2. The van der Waals surface area contributed by atoms with Gasteiger partial charge in [0.05, 0.1) is 5.56 Å². The highest BCUT2D eigenvalue weighted by Crippen LogP contribution is 2.39. The van der Waals surface area contributed by atoms with E-state index >= 15 is 0 Å². The van der Waals surface area contributed by atoms with Crippen molar-refractivity contribution in [3.05, 3.63) is 63.4 Å². The normalized spacial score (nSPS) is 15.7. The van der Waals surface area contributed by atoms with Gasteiger partial charge in [-0.1, -0.05) is 35.0 Å². The highest BCUT2D eigenvalue weighted by atomic mass is 79.9. The topological polar surface area (TPSA) is 46.6 Å². The molecule has 2 aromatic carbocycles. The average molecular weight is 420 g/mol. The second-order valence-corrected chi connectivity index (χ2v) is 7.44. The molecular weight excluding hydrogens is 401 g/mol. The Morgan fingerprint density at radius 2 is 1.96 bits per heavy atom. The van der Waals surface area contributed by atoms with Crippen molar-refractivity contribution in [2.75, 3.05) is 13.7 Å². The number of Topliss-reactive ketones (excluding diaryl/α,β-unsaturated/α-hetero) is 1. The van der Waals surface area contributed by atoms with Crippen LogP contribution in [0.25, 0.3) is 0 Å². The zero-order chi connectivity index (χ0) is 18.8. The molecule has 1 aliphatic rings. The summed E-state index contributed by atoms with van der Waals surface area (Å²) in [6.07, 6.45) is 0.268. The number of rotatable bonds is 5. The lowest BCUT2D eigenvalue weighted by Crippen LogP contribution is -2.31. The van der Waals surface area contributed by atoms with Gasteiger partial charge in [0.1, 0.15) is 11.6 Å². The molecule has 6 heteroatoms. The smallest absolute Gasteiger partial charge is 0.260 e. The predicted molar refractivity (Wildman–Crippen MR) is 99.9 cm³/mol. The summed E-state index contributed by atoms with van der Waals surface area (Å²) in [5.74, 6) is -0.649. The van der Waals surface area contributed by atoms with Crippen LogP contribution in [0.5, 0.6) is 5.75 Å². The van der Waals surface area contributed by atoms with E-state index in [2.05, 4.69) is 15.9 Å². The van der Waals surface area contributed by atoms with Gasteiger partial charge in [-0.05, 0) is 35.7 Å². The first-order valence-electron chi connectivity index (χ1n) is 8.33. The van der Waals surface area contributed by atoms with Crippen LogP contribution < -0.4 is 4.74 Å². The molecule has 1 amide bonds. The van der Waals surface area contributed by atoms with Gasteiger partial charge in [-0.2, -0.15) is 0 Å². The van der Waals surface area contributed by atoms with E-state index in [-0.39, 0.29) is 41.9 Å². The third-order valence-corrected chi connectivity index (χ3v) is 5.06. The van der Waals surface area contributed by atoms with Gasteiger partial charge >= 0.3 is 0 Å². The second-order valence-electron chi connectivity index (χ2n) is 6.53. The second kappa shape index (κ2) is 7.58. The van der Waals surface area contributed by atoms with Crippen LogP contribution in [0.15, 0.2) is 40.9 Å². The zero-order valence-corrected chi connectivity index (χ0v) is 16.2. The molecule has 3 rings (SSSR count). The highest BCUT2D eigenvalue weighted by molar-refractivity contribution is 9.10. The van der Waals surface area contributed by atoms with Crippen molar-refractivity contribution in [1.29, 1.82) is 0 Å². The predicted octanol–water partition coefficient (Wildman–Crippen LogP) is 4.32. The van der Waals surface area contributed by atoms with Gasteiger partial charge in [0, 0.05) is 30.0 Å². The molecule has 0 N–H and O–H groups in total. The molecule has 0 aliphatic heterocycles. The van der Waals surface area contributed by atoms with Crippen LogP contribution in [0.4, 0.5) is 4.39 Å². The van der Waals surface area contributed by atoms with Crippen LogP contribution in [0.3, 0.4) is 0 Å². The summed E-state index contributed by atoms with van der Waals surface area (Å²) in [6.45, 7) is 2.06. The summed E-state index contributed by atoms with van der Waals surface area (Å²) in [4.78, 5) is 26.0. The largest absolute Gasteiger partial charge is 0.483 e. The van der Waals surface area contributed by atoms with E-state index in [1.807, 2.05) is 31.2 Å². The van der Waals surface area contributed by atoms with E-state index < -0.39 is 5.82 Å². The Labute approximate surface area is 160 Å². The number of halogens is 2. The highest BCUT2D eigenvalue weighted by Gasteiger charge is 2.32. The minimum Gasteiger partial charge on any atom is -0.483 e. The van der Waals surface area contributed by atoms with Crippen molar-refractivity contribution >= 4 is 27.6 Å². The van der Waals surface area contributed by atoms with Crippen molar-refractivity contribution in [2.45, 2.75) is 25.8 Å². The number of ether oxygens (including phenoxy) is 1. The fourth-order valence-electron chi connectivity index (χ4n) is 3.15. The number of ketones is 1. The Morgan fingerprint density at radius 1 is 1.27 bits per heavy atom. The van der Waals surface area contributed by atoms with Crippen LogP contribution in [0, 0.1) is 5.82 Å². The number of nitrogens with zero attached hydrogens (tertiary/aromatic N) is 1. The summed E-state index contributed by atoms with van der Waals surface area (Å²) < 4.78 is 20.6. The summed E-state index contributed by atoms with van der Waals surface area (Å²) >= 11 is 3.38. The molecule has 0 spiro atoms. The van der Waals surface area contributed by atoms with Gasteiger partial charge in [-0.25, -0.2) is 4.39 Å². The fraction of sp³-hybridized carbons (Fsp3) is 0.300. The Morgan fingerprint density at radius 3 is 2.65 bits per heavy atom. The molecule has 0 bridgehead atoms. The van der Waals surface area contributed by atoms with Gasteiger partial charge in [0.15, 0.2) is 12.4 Å². The number of amides is 1. The van der Waals surface area contributed by atoms with E-state index in [0.717, 1.165) is 10.0 Å². The molecule has 1 atom stereocenters. The molecular formula is C20H19BrFNO3. The molecule has 0 unspecified atom stereocenters. The number of hydrogen-bond acceptors (Lipinski definition) is 3. The standard InChI is InChI=1S/C20H19BrFNO3/c1-12-9-16(24)20-17(8-7-15(22)19(12)20)26-11-18(25)23(2)10-13-3-5-14(21)6-4-13/h3-8,12H,9-11H2,1-2H3/t12-/m0/s1. The average Bonchev–Trinajstić information content (AvgIpc) is 2.91. The lowest BCUT2D eigenvalue weighted by molar-refractivity contribution is -0.132. The molecule has 26 heavy (non-hydrogen) atoms. The van der Waals surface area contributed by atoms with E-state index in [1.54, 1.807) is 11.9 Å². The molecule has 136 valence electrons. The molecule has 2 aromatic rings. The molecule has 0 saturated heterocycles. The molecule has 0 saturated carbocycles. The van der Waals surface area contributed by atoms with Gasteiger partial charge < -0.3 is 9.64 Å². The van der Waals surface area contributed by atoms with Crippen molar-refractivity contribution < 1.29 is 18.7 Å². The maximum Gasteiger partial charge on any atom is 0.260 e. The van der Waals surface area contributed by atoms with E-state index in [1.165, 1.54) is 12.1 Å². The van der Waals surface area contributed by atoms with Crippen LogP contribution in [0.1, 0.15) is 40.7 Å². The third kappa shape index (κ3) is 3.80. The van der Waals surface area contributed by atoms with Crippen LogP contribution in [0.2, 0.25) is 0 Å². The first-order valence-corrected chi connectivity index (χ1v) is 9.13. The Bertz CT molecular complexity index is 851. The molecule has 4 nitrogen and oxygen atoms in total. The van der Waals surface area contributed by atoms with Gasteiger partial charge in [0.2, 0.25) is 0 Å². The Hall–Kier alpha value is -2.21. The molecule has 0 aromatic heterocycles. The number of hydrogen-bond donors (Lipinski definition) is 0. The zero-order valence-electron chi connectivity index (χ0n) is 14.6. The van der Waals surface area contributed by atoms with Crippen molar-refractivity contribution in [1.82, 2.24) is 4.90 Å². The summed E-state index contributed by atoms with van der Waals surface area (Å²) in [7, 11) is 1.69. The van der Waals surface area contributed by atoms with Crippen LogP contribution >= 0.6 is 15.9 Å². The number of fused-ring (bicyclic) bond motifs is 1. The quantitative estimate of drug-likeness (QED) is 0.724. The maximum absolute atomic E-state index is 14.0. The summed E-state index contributed by atoms with van der Waals surface area (Å²) in [6, 6.07) is 10.4. The number of likely N-dealkylation sites (N-methyl/N-ethyl adjacent to an activating group) is 1. The van der Waals surface area contributed by atoms with E-state index in [4.69, 9.17) is 4.74 Å². The van der Waals surface area contributed by atoms with Crippen LogP contribution in [-0.2, 0) is 11.3 Å². The Kier molecular flexibility index (Phi) is 5.41. The number of carbonyl (C=O) groups is 2. The van der Waals surface area contributed by atoms with Crippen molar-refractivity contribution in [3.8, 4) is 5.75 Å². The lowest BCUT2D eigenvalue weighted by Gasteiger charge is -2.18. The third-order valence-electron chi connectivity index (χ3n) is 4.53. The van der Waals surface area contributed by atoms with Crippen molar-refractivity contribution in [3.63, 3.8) is 0 Å². The van der Waals surface area contributed by atoms with Crippen LogP contribution in [-0.4, -0.2) is 30.2 Å². The van der Waals surface area contributed by atoms with Gasteiger partial charge in [-0.3, -0.25) is 9.59 Å². The molecule has 0 heterocycles. The number of carbonyl (C=O) groups excluding carboxylic acids is 2. The molecule has 1 aliphatic carbocycles.